The maximum Gasteiger partial charge on any atom is 0.308 e. The molecule has 0 aromatic heterocycles. The number of aryl methyl sites for hydroxylation is 1. The Hall–Kier alpha value is -2.18. The number of nitro benzene ring substituents is 1. The Morgan fingerprint density at radius 1 is 1.58 bits per heavy atom. The van der Waals surface area contributed by atoms with Crippen LogP contribution in [-0.4, -0.2) is 29.1 Å². The zero-order chi connectivity index (χ0) is 14.2. The lowest BCUT2D eigenvalue weighted by atomic mass is 10.1. The number of halogens is 1. The van der Waals surface area contributed by atoms with Crippen molar-refractivity contribution >= 4 is 17.3 Å². The van der Waals surface area contributed by atoms with E-state index in [9.17, 15) is 19.3 Å². The zero-order valence-corrected chi connectivity index (χ0v) is 10.3. The van der Waals surface area contributed by atoms with Gasteiger partial charge in [-0.25, -0.2) is 4.39 Å². The summed E-state index contributed by atoms with van der Waals surface area (Å²) in [6.07, 6.45) is 0.433. The largest absolute Gasteiger partial charge is 0.481 e. The van der Waals surface area contributed by atoms with Gasteiger partial charge in [0.05, 0.1) is 16.9 Å². The molecule has 6 nitrogen and oxygen atoms in total. The molecule has 7 heteroatoms. The first kappa shape index (κ1) is 13.3. The Bertz CT molecular complexity index is 547. The van der Waals surface area contributed by atoms with Gasteiger partial charge in [0.25, 0.3) is 5.69 Å². The number of nitrogens with zero attached hydrogens (tertiary/aromatic N) is 2. The van der Waals surface area contributed by atoms with Crippen LogP contribution in [0.3, 0.4) is 0 Å². The monoisotopic (exact) mass is 268 g/mol. The van der Waals surface area contributed by atoms with Crippen LogP contribution in [0, 0.1) is 28.8 Å². The van der Waals surface area contributed by atoms with E-state index in [-0.39, 0.29) is 17.9 Å². The van der Waals surface area contributed by atoms with Crippen molar-refractivity contribution in [1.82, 2.24) is 0 Å². The molecule has 0 aliphatic carbocycles. The molecule has 0 saturated carbocycles. The van der Waals surface area contributed by atoms with E-state index < -0.39 is 22.6 Å². The lowest BCUT2D eigenvalue weighted by Gasteiger charge is -2.18. The number of hydrogen-bond acceptors (Lipinski definition) is 4. The first-order valence-electron chi connectivity index (χ1n) is 5.82. The smallest absolute Gasteiger partial charge is 0.308 e. The Morgan fingerprint density at radius 2 is 2.26 bits per heavy atom. The van der Waals surface area contributed by atoms with E-state index in [0.29, 0.717) is 18.5 Å². The first-order chi connectivity index (χ1) is 8.90. The fourth-order valence-corrected chi connectivity index (χ4v) is 2.24. The van der Waals surface area contributed by atoms with Gasteiger partial charge in [0, 0.05) is 13.1 Å². The van der Waals surface area contributed by atoms with E-state index in [1.54, 1.807) is 4.90 Å². The van der Waals surface area contributed by atoms with Crippen LogP contribution in [0.1, 0.15) is 12.0 Å². The number of carboxylic acid groups (broad SMARTS) is 1. The van der Waals surface area contributed by atoms with Crippen LogP contribution in [0.15, 0.2) is 12.1 Å². The van der Waals surface area contributed by atoms with Crippen molar-refractivity contribution in [3.05, 3.63) is 33.6 Å². The maximum atomic E-state index is 13.4. The Kier molecular flexibility index (Phi) is 3.37. The molecular formula is C12H13FN2O4. The molecule has 1 atom stereocenters. The molecule has 1 aromatic rings. The lowest BCUT2D eigenvalue weighted by Crippen LogP contribution is -2.23. The van der Waals surface area contributed by atoms with Gasteiger partial charge in [-0.3, -0.25) is 14.9 Å². The summed E-state index contributed by atoms with van der Waals surface area (Å²) in [7, 11) is 0. The minimum atomic E-state index is -0.913. The van der Waals surface area contributed by atoms with Crippen molar-refractivity contribution in [1.29, 1.82) is 0 Å². The van der Waals surface area contributed by atoms with Gasteiger partial charge in [-0.05, 0) is 25.0 Å². The minimum absolute atomic E-state index is 0.210. The van der Waals surface area contributed by atoms with Crippen molar-refractivity contribution in [3.63, 3.8) is 0 Å². The van der Waals surface area contributed by atoms with Crippen molar-refractivity contribution in [2.75, 3.05) is 18.0 Å². The molecule has 1 unspecified atom stereocenters. The van der Waals surface area contributed by atoms with Crippen LogP contribution in [0.4, 0.5) is 15.8 Å². The zero-order valence-electron chi connectivity index (χ0n) is 10.3. The van der Waals surface area contributed by atoms with Crippen molar-refractivity contribution in [2.24, 2.45) is 5.92 Å². The number of anilines is 1. The molecular weight excluding hydrogens is 255 g/mol. The molecule has 1 aliphatic rings. The quantitative estimate of drug-likeness (QED) is 0.669. The van der Waals surface area contributed by atoms with Gasteiger partial charge in [0.1, 0.15) is 11.5 Å². The third kappa shape index (κ3) is 2.49. The second-order valence-electron chi connectivity index (χ2n) is 4.62. The van der Waals surface area contributed by atoms with Crippen molar-refractivity contribution in [2.45, 2.75) is 13.3 Å². The summed E-state index contributed by atoms with van der Waals surface area (Å²) < 4.78 is 13.4. The van der Waals surface area contributed by atoms with Crippen LogP contribution in [-0.2, 0) is 4.79 Å². The lowest BCUT2D eigenvalue weighted by molar-refractivity contribution is -0.384. The molecule has 102 valence electrons. The van der Waals surface area contributed by atoms with Gasteiger partial charge >= 0.3 is 5.97 Å². The van der Waals surface area contributed by atoms with E-state index >= 15 is 0 Å². The number of carboxylic acids is 1. The van der Waals surface area contributed by atoms with Gasteiger partial charge in [0.2, 0.25) is 0 Å². The van der Waals surface area contributed by atoms with E-state index in [1.165, 1.54) is 13.0 Å². The molecule has 0 radical (unpaired) electrons. The van der Waals surface area contributed by atoms with Crippen molar-refractivity contribution in [3.8, 4) is 0 Å². The number of nitro groups is 1. The van der Waals surface area contributed by atoms with Gasteiger partial charge < -0.3 is 10.0 Å². The molecule has 19 heavy (non-hydrogen) atoms. The Morgan fingerprint density at radius 3 is 2.79 bits per heavy atom. The topological polar surface area (TPSA) is 83.7 Å². The summed E-state index contributed by atoms with van der Waals surface area (Å²) in [5.74, 6) is -2.08. The summed E-state index contributed by atoms with van der Waals surface area (Å²) >= 11 is 0. The average molecular weight is 268 g/mol. The average Bonchev–Trinajstić information content (AvgIpc) is 2.81. The predicted octanol–water partition coefficient (Wildman–Crippen LogP) is 1.95. The molecule has 1 N–H and O–H groups in total. The van der Waals surface area contributed by atoms with Crippen LogP contribution in [0.5, 0.6) is 0 Å². The van der Waals surface area contributed by atoms with Crippen LogP contribution in [0.2, 0.25) is 0 Å². The van der Waals surface area contributed by atoms with Gasteiger partial charge in [-0.2, -0.15) is 0 Å². The molecule has 1 aromatic carbocycles. The number of aliphatic carboxylic acids is 1. The summed E-state index contributed by atoms with van der Waals surface area (Å²) in [6.45, 7) is 2.15. The number of benzene rings is 1. The fourth-order valence-electron chi connectivity index (χ4n) is 2.24. The Labute approximate surface area is 108 Å². The minimum Gasteiger partial charge on any atom is -0.481 e. The summed E-state index contributed by atoms with van der Waals surface area (Å²) in [5.41, 5.74) is 0.265. The van der Waals surface area contributed by atoms with Crippen LogP contribution in [0.25, 0.3) is 0 Å². The normalized spacial score (nSPS) is 18.6. The summed E-state index contributed by atoms with van der Waals surface area (Å²) in [6, 6.07) is 2.29. The molecule has 0 amide bonds. The van der Waals surface area contributed by atoms with Gasteiger partial charge in [-0.1, -0.05) is 0 Å². The second-order valence-corrected chi connectivity index (χ2v) is 4.62. The molecule has 1 saturated heterocycles. The van der Waals surface area contributed by atoms with Gasteiger partial charge in [-0.15, -0.1) is 0 Å². The van der Waals surface area contributed by atoms with E-state index in [1.807, 2.05) is 0 Å². The highest BCUT2D eigenvalue weighted by Crippen LogP contribution is 2.34. The molecule has 1 heterocycles. The van der Waals surface area contributed by atoms with Crippen LogP contribution < -0.4 is 4.90 Å². The molecule has 2 rings (SSSR count). The highest BCUT2D eigenvalue weighted by Gasteiger charge is 2.32. The number of hydrogen-bond donors (Lipinski definition) is 1. The van der Waals surface area contributed by atoms with Crippen LogP contribution >= 0.6 is 0 Å². The second kappa shape index (κ2) is 4.83. The fraction of sp³-hybridized carbons (Fsp3) is 0.417. The first-order valence-corrected chi connectivity index (χ1v) is 5.82. The predicted molar refractivity (Wildman–Crippen MR) is 65.7 cm³/mol. The summed E-state index contributed by atoms with van der Waals surface area (Å²) in [4.78, 5) is 22.8. The summed E-state index contributed by atoms with van der Waals surface area (Å²) in [5, 5.41) is 19.9. The highest BCUT2D eigenvalue weighted by atomic mass is 19.1. The molecule has 1 fully saturated rings. The number of rotatable bonds is 3. The van der Waals surface area contributed by atoms with Gasteiger partial charge in [0.15, 0.2) is 0 Å². The molecule has 0 bridgehead atoms. The highest BCUT2D eigenvalue weighted by molar-refractivity contribution is 5.73. The number of carbonyl (C=O) groups is 1. The SMILES string of the molecule is Cc1cc(N2CCC(C(=O)O)C2)c([N+](=O)[O-])cc1F. The third-order valence-electron chi connectivity index (χ3n) is 3.33. The van der Waals surface area contributed by atoms with Crippen molar-refractivity contribution < 1.29 is 19.2 Å². The molecule has 0 spiro atoms. The maximum absolute atomic E-state index is 13.4. The standard InChI is InChI=1S/C12H13FN2O4/c1-7-4-10(11(15(18)19)5-9(7)13)14-3-2-8(6-14)12(16)17/h4-5,8H,2-3,6H2,1H3,(H,16,17). The van der Waals surface area contributed by atoms with E-state index in [4.69, 9.17) is 5.11 Å². The Balaban J connectivity index is 2.37. The van der Waals surface area contributed by atoms with E-state index in [0.717, 1.165) is 6.07 Å². The molecule has 1 aliphatic heterocycles. The third-order valence-corrected chi connectivity index (χ3v) is 3.33. The van der Waals surface area contributed by atoms with E-state index in [2.05, 4.69) is 0 Å².